The second kappa shape index (κ2) is 8.53. The van der Waals surface area contributed by atoms with Crippen molar-refractivity contribution in [3.8, 4) is 11.3 Å². The molecule has 0 aliphatic carbocycles. The number of thiophene rings is 1. The van der Waals surface area contributed by atoms with Crippen molar-refractivity contribution in [2.45, 2.75) is 13.8 Å². The maximum atomic E-state index is 12.5. The predicted octanol–water partition coefficient (Wildman–Crippen LogP) is 6.31. The number of carbonyl (C=O) groups is 1. The van der Waals surface area contributed by atoms with Crippen molar-refractivity contribution in [3.05, 3.63) is 81.6 Å². The fourth-order valence-corrected chi connectivity index (χ4v) is 4.25. The summed E-state index contributed by atoms with van der Waals surface area (Å²) in [6.45, 7) is 3.82. The average Bonchev–Trinajstić information content (AvgIpc) is 3.36. The number of benzene rings is 2. The SMILES string of the molecule is CCOC(=O)c1c(N=Cc2ccc(-c3ccc(C)cc3[N+](=O)[O-])o2)sc2ccccc12. The number of fused-ring (bicyclic) bond motifs is 1. The molecule has 0 aliphatic heterocycles. The third-order valence-electron chi connectivity index (χ3n) is 4.61. The highest BCUT2D eigenvalue weighted by Gasteiger charge is 2.20. The summed E-state index contributed by atoms with van der Waals surface area (Å²) >= 11 is 1.38. The quantitative estimate of drug-likeness (QED) is 0.153. The van der Waals surface area contributed by atoms with Gasteiger partial charge in [-0.3, -0.25) is 10.1 Å². The molecule has 0 amide bonds. The van der Waals surface area contributed by atoms with E-state index in [9.17, 15) is 14.9 Å². The summed E-state index contributed by atoms with van der Waals surface area (Å²) in [6, 6.07) is 15.8. The fourth-order valence-electron chi connectivity index (χ4n) is 3.21. The van der Waals surface area contributed by atoms with Gasteiger partial charge in [0.2, 0.25) is 0 Å². The molecule has 0 aliphatic rings. The van der Waals surface area contributed by atoms with Crippen molar-refractivity contribution in [1.82, 2.24) is 0 Å². The van der Waals surface area contributed by atoms with Crippen LogP contribution in [-0.4, -0.2) is 23.7 Å². The molecule has 8 heteroatoms. The smallest absolute Gasteiger partial charge is 0.341 e. The van der Waals surface area contributed by atoms with Crippen LogP contribution < -0.4 is 0 Å². The van der Waals surface area contributed by atoms with E-state index in [0.717, 1.165) is 15.6 Å². The Labute approximate surface area is 181 Å². The van der Waals surface area contributed by atoms with Crippen LogP contribution in [0.1, 0.15) is 28.6 Å². The van der Waals surface area contributed by atoms with Crippen molar-refractivity contribution in [2.75, 3.05) is 6.61 Å². The number of hydrogen-bond acceptors (Lipinski definition) is 7. The van der Waals surface area contributed by atoms with Gasteiger partial charge in [-0.25, -0.2) is 9.79 Å². The lowest BCUT2D eigenvalue weighted by molar-refractivity contribution is -0.384. The molecular weight excluding hydrogens is 416 g/mol. The Hall–Kier alpha value is -3.78. The molecule has 0 N–H and O–H groups in total. The van der Waals surface area contributed by atoms with Crippen molar-refractivity contribution < 1.29 is 18.9 Å². The van der Waals surface area contributed by atoms with Crippen LogP contribution in [0.15, 0.2) is 64.0 Å². The fraction of sp³-hybridized carbons (Fsp3) is 0.130. The summed E-state index contributed by atoms with van der Waals surface area (Å²) in [5.74, 6) is 0.356. The molecule has 2 aromatic carbocycles. The summed E-state index contributed by atoms with van der Waals surface area (Å²) < 4.78 is 11.9. The number of ether oxygens (including phenoxy) is 1. The lowest BCUT2D eigenvalue weighted by Gasteiger charge is -2.01. The number of furan rings is 1. The molecule has 0 saturated carbocycles. The minimum atomic E-state index is -0.429. The zero-order valence-electron chi connectivity index (χ0n) is 16.8. The summed E-state index contributed by atoms with van der Waals surface area (Å²) in [4.78, 5) is 27.9. The standard InChI is InChI=1S/C23H18N2O5S/c1-3-29-23(26)21-17-6-4-5-7-20(17)31-22(21)24-13-15-9-11-19(30-15)16-10-8-14(2)12-18(16)25(27)28/h4-13H,3H2,1-2H3. The Kier molecular flexibility index (Phi) is 5.64. The molecule has 2 aromatic heterocycles. The van der Waals surface area contributed by atoms with Gasteiger partial charge >= 0.3 is 5.97 Å². The first kappa shape index (κ1) is 20.5. The lowest BCUT2D eigenvalue weighted by Crippen LogP contribution is -2.03. The Morgan fingerprint density at radius 1 is 1.23 bits per heavy atom. The van der Waals surface area contributed by atoms with Crippen molar-refractivity contribution in [3.63, 3.8) is 0 Å². The Morgan fingerprint density at radius 3 is 2.81 bits per heavy atom. The number of rotatable bonds is 6. The highest BCUT2D eigenvalue weighted by molar-refractivity contribution is 7.23. The largest absolute Gasteiger partial charge is 0.462 e. The van der Waals surface area contributed by atoms with Crippen molar-refractivity contribution in [1.29, 1.82) is 0 Å². The molecule has 4 rings (SSSR count). The molecule has 0 unspecified atom stereocenters. The van der Waals surface area contributed by atoms with Crippen LogP contribution in [0.3, 0.4) is 0 Å². The zero-order chi connectivity index (χ0) is 22.0. The van der Waals surface area contributed by atoms with Gasteiger partial charge in [-0.05, 0) is 43.7 Å². The van der Waals surface area contributed by atoms with Gasteiger partial charge in [-0.2, -0.15) is 0 Å². The van der Waals surface area contributed by atoms with Crippen molar-refractivity contribution in [2.24, 2.45) is 4.99 Å². The zero-order valence-corrected chi connectivity index (χ0v) is 17.6. The first-order chi connectivity index (χ1) is 15.0. The number of nitrogens with zero attached hydrogens (tertiary/aromatic N) is 2. The molecule has 31 heavy (non-hydrogen) atoms. The first-order valence-corrected chi connectivity index (χ1v) is 10.4. The van der Waals surface area contributed by atoms with Gasteiger partial charge in [0, 0.05) is 16.2 Å². The molecule has 2 heterocycles. The van der Waals surface area contributed by atoms with E-state index in [0.29, 0.717) is 27.6 Å². The molecule has 0 radical (unpaired) electrons. The van der Waals surface area contributed by atoms with Gasteiger partial charge in [-0.1, -0.05) is 24.3 Å². The van der Waals surface area contributed by atoms with Gasteiger partial charge in [0.05, 0.1) is 23.3 Å². The first-order valence-electron chi connectivity index (χ1n) is 9.56. The van der Waals surface area contributed by atoms with E-state index in [1.54, 1.807) is 38.1 Å². The monoisotopic (exact) mass is 434 g/mol. The third kappa shape index (κ3) is 4.10. The summed E-state index contributed by atoms with van der Waals surface area (Å²) in [6.07, 6.45) is 1.50. The minimum Gasteiger partial charge on any atom is -0.462 e. The van der Waals surface area contributed by atoms with Crippen LogP contribution in [-0.2, 0) is 4.74 Å². The molecule has 156 valence electrons. The molecule has 0 bridgehead atoms. The second-order valence-electron chi connectivity index (χ2n) is 6.74. The number of aryl methyl sites for hydroxylation is 1. The maximum absolute atomic E-state index is 12.5. The third-order valence-corrected chi connectivity index (χ3v) is 5.69. The van der Waals surface area contributed by atoms with E-state index in [1.807, 2.05) is 24.3 Å². The maximum Gasteiger partial charge on any atom is 0.341 e. The van der Waals surface area contributed by atoms with E-state index in [2.05, 4.69) is 4.99 Å². The summed E-state index contributed by atoms with van der Waals surface area (Å²) in [5.41, 5.74) is 1.58. The van der Waals surface area contributed by atoms with Crippen LogP contribution in [0.5, 0.6) is 0 Å². The van der Waals surface area contributed by atoms with Crippen molar-refractivity contribution >= 4 is 44.3 Å². The number of hydrogen-bond donors (Lipinski definition) is 0. The molecule has 0 saturated heterocycles. The number of esters is 1. The van der Waals surface area contributed by atoms with Crippen LogP contribution in [0.2, 0.25) is 0 Å². The topological polar surface area (TPSA) is 94.9 Å². The number of nitro groups is 1. The second-order valence-corrected chi connectivity index (χ2v) is 7.77. The van der Waals surface area contributed by atoms with E-state index in [1.165, 1.54) is 23.6 Å². The van der Waals surface area contributed by atoms with Gasteiger partial charge in [0.1, 0.15) is 22.1 Å². The highest BCUT2D eigenvalue weighted by atomic mass is 32.1. The number of carbonyl (C=O) groups excluding carboxylic acids is 1. The van der Waals surface area contributed by atoms with Gasteiger partial charge in [0.25, 0.3) is 5.69 Å². The van der Waals surface area contributed by atoms with Gasteiger partial charge in [0.15, 0.2) is 0 Å². The summed E-state index contributed by atoms with van der Waals surface area (Å²) in [5, 5.41) is 12.7. The molecule has 4 aromatic rings. The molecule has 0 fully saturated rings. The van der Waals surface area contributed by atoms with Gasteiger partial charge in [-0.15, -0.1) is 11.3 Å². The minimum absolute atomic E-state index is 0.0213. The van der Waals surface area contributed by atoms with Crippen LogP contribution in [0, 0.1) is 17.0 Å². The molecule has 7 nitrogen and oxygen atoms in total. The highest BCUT2D eigenvalue weighted by Crippen LogP contribution is 2.38. The number of aliphatic imine (C=N–C) groups is 1. The summed E-state index contributed by atoms with van der Waals surface area (Å²) in [7, 11) is 0. The number of nitro benzene ring substituents is 1. The lowest BCUT2D eigenvalue weighted by atomic mass is 10.1. The Balaban J connectivity index is 1.69. The molecule has 0 atom stereocenters. The van der Waals surface area contributed by atoms with Crippen LogP contribution >= 0.6 is 11.3 Å². The normalized spacial score (nSPS) is 11.3. The Morgan fingerprint density at radius 2 is 2.03 bits per heavy atom. The van der Waals surface area contributed by atoms with Crippen LogP contribution in [0.25, 0.3) is 21.4 Å². The van der Waals surface area contributed by atoms with E-state index < -0.39 is 10.9 Å². The van der Waals surface area contributed by atoms with E-state index >= 15 is 0 Å². The van der Waals surface area contributed by atoms with Gasteiger partial charge < -0.3 is 9.15 Å². The Bertz CT molecular complexity index is 1320. The van der Waals surface area contributed by atoms with Crippen LogP contribution in [0.4, 0.5) is 10.7 Å². The average molecular weight is 434 g/mol. The van der Waals surface area contributed by atoms with E-state index in [-0.39, 0.29) is 12.3 Å². The predicted molar refractivity (Wildman–Crippen MR) is 121 cm³/mol. The molecule has 0 spiro atoms. The molecular formula is C23H18N2O5S. The van der Waals surface area contributed by atoms with E-state index in [4.69, 9.17) is 9.15 Å².